The fourth-order valence-electron chi connectivity index (χ4n) is 1.43. The molecular weight excluding hydrogens is 219 g/mol. The summed E-state index contributed by atoms with van der Waals surface area (Å²) >= 11 is 5.57. The Balaban J connectivity index is 2.93. The molecule has 78 valence electrons. The van der Waals surface area contributed by atoms with E-state index in [4.69, 9.17) is 11.6 Å². The molecule has 0 saturated heterocycles. The highest BCUT2D eigenvalue weighted by Crippen LogP contribution is 2.16. The molecule has 0 atom stereocenters. The van der Waals surface area contributed by atoms with Crippen LogP contribution in [-0.4, -0.2) is 9.97 Å². The number of alkyl halides is 1. The van der Waals surface area contributed by atoms with Crippen LogP contribution in [0.1, 0.15) is 11.4 Å². The van der Waals surface area contributed by atoms with E-state index in [1.54, 1.807) is 6.92 Å². The van der Waals surface area contributed by atoms with Gasteiger partial charge >= 0.3 is 0 Å². The van der Waals surface area contributed by atoms with Crippen molar-refractivity contribution in [2.75, 3.05) is 0 Å². The average molecular weight is 227 g/mol. The van der Waals surface area contributed by atoms with E-state index in [0.29, 0.717) is 22.3 Å². The first-order valence-corrected chi connectivity index (χ1v) is 4.91. The molecule has 0 aliphatic carbocycles. The Morgan fingerprint density at radius 1 is 1.53 bits per heavy atom. The standard InChI is InChI=1S/C10H8ClFN2O/c1-5-7(12)3-2-6-9(5)13-8(4-11)14-10(6)15/h2-3H,4H2,1H3,(H,13,14,15). The van der Waals surface area contributed by atoms with Gasteiger partial charge in [0.2, 0.25) is 0 Å². The molecule has 0 unspecified atom stereocenters. The molecule has 1 N–H and O–H groups in total. The fraction of sp³-hybridized carbons (Fsp3) is 0.200. The van der Waals surface area contributed by atoms with Crippen molar-refractivity contribution >= 4 is 22.5 Å². The smallest absolute Gasteiger partial charge is 0.258 e. The lowest BCUT2D eigenvalue weighted by Gasteiger charge is -2.03. The topological polar surface area (TPSA) is 45.8 Å². The lowest BCUT2D eigenvalue weighted by atomic mass is 10.1. The molecule has 0 saturated carbocycles. The van der Waals surface area contributed by atoms with E-state index in [9.17, 15) is 9.18 Å². The lowest BCUT2D eigenvalue weighted by molar-refractivity contribution is 0.620. The number of halogens is 2. The Morgan fingerprint density at radius 3 is 2.93 bits per heavy atom. The minimum Gasteiger partial charge on any atom is -0.309 e. The van der Waals surface area contributed by atoms with Gasteiger partial charge in [-0.1, -0.05) is 0 Å². The van der Waals surface area contributed by atoms with Crippen LogP contribution in [-0.2, 0) is 5.88 Å². The van der Waals surface area contributed by atoms with Crippen LogP contribution in [0.15, 0.2) is 16.9 Å². The summed E-state index contributed by atoms with van der Waals surface area (Å²) in [6.07, 6.45) is 0. The molecule has 0 aliphatic heterocycles. The van der Waals surface area contributed by atoms with Gasteiger partial charge in [-0.3, -0.25) is 4.79 Å². The Kier molecular flexibility index (Phi) is 2.44. The number of H-pyrrole nitrogens is 1. The first-order chi connectivity index (χ1) is 7.13. The minimum absolute atomic E-state index is 0.0983. The normalized spacial score (nSPS) is 10.9. The highest BCUT2D eigenvalue weighted by molar-refractivity contribution is 6.16. The van der Waals surface area contributed by atoms with Gasteiger partial charge in [-0.25, -0.2) is 9.37 Å². The third-order valence-corrected chi connectivity index (χ3v) is 2.49. The van der Waals surface area contributed by atoms with Crippen molar-refractivity contribution in [2.45, 2.75) is 12.8 Å². The van der Waals surface area contributed by atoms with Crippen LogP contribution in [0.2, 0.25) is 0 Å². The van der Waals surface area contributed by atoms with Crippen molar-refractivity contribution in [3.63, 3.8) is 0 Å². The van der Waals surface area contributed by atoms with Crippen LogP contribution < -0.4 is 5.56 Å². The van der Waals surface area contributed by atoms with Crippen LogP contribution in [0, 0.1) is 12.7 Å². The number of rotatable bonds is 1. The van der Waals surface area contributed by atoms with Crippen molar-refractivity contribution in [1.82, 2.24) is 9.97 Å². The summed E-state index contributed by atoms with van der Waals surface area (Å²) in [5.74, 6) is 0.0743. The summed E-state index contributed by atoms with van der Waals surface area (Å²) < 4.78 is 13.2. The highest BCUT2D eigenvalue weighted by Gasteiger charge is 2.08. The van der Waals surface area contributed by atoms with Gasteiger partial charge in [-0.15, -0.1) is 11.6 Å². The molecule has 1 aromatic carbocycles. The molecule has 0 aliphatic rings. The van der Waals surface area contributed by atoms with Gasteiger partial charge in [0.1, 0.15) is 11.6 Å². The zero-order valence-corrected chi connectivity index (χ0v) is 8.73. The number of benzene rings is 1. The number of nitrogens with one attached hydrogen (secondary N) is 1. The summed E-state index contributed by atoms with van der Waals surface area (Å²) in [7, 11) is 0. The number of aromatic amines is 1. The second kappa shape index (κ2) is 3.62. The monoisotopic (exact) mass is 226 g/mol. The third-order valence-electron chi connectivity index (χ3n) is 2.24. The van der Waals surface area contributed by atoms with E-state index >= 15 is 0 Å². The van der Waals surface area contributed by atoms with E-state index in [2.05, 4.69) is 9.97 Å². The maximum Gasteiger partial charge on any atom is 0.258 e. The van der Waals surface area contributed by atoms with Crippen molar-refractivity contribution < 1.29 is 4.39 Å². The van der Waals surface area contributed by atoms with Crippen LogP contribution in [0.3, 0.4) is 0 Å². The second-order valence-corrected chi connectivity index (χ2v) is 3.48. The van der Waals surface area contributed by atoms with Gasteiger partial charge < -0.3 is 4.98 Å². The minimum atomic E-state index is -0.374. The first kappa shape index (κ1) is 10.1. The number of hydrogen-bond donors (Lipinski definition) is 1. The number of nitrogens with zero attached hydrogens (tertiary/aromatic N) is 1. The second-order valence-electron chi connectivity index (χ2n) is 3.21. The summed E-state index contributed by atoms with van der Waals surface area (Å²) in [6.45, 7) is 1.59. The Morgan fingerprint density at radius 2 is 2.27 bits per heavy atom. The summed E-state index contributed by atoms with van der Waals surface area (Å²) in [4.78, 5) is 18.2. The quantitative estimate of drug-likeness (QED) is 0.757. The van der Waals surface area contributed by atoms with Crippen molar-refractivity contribution in [2.24, 2.45) is 0 Å². The molecule has 5 heteroatoms. The summed E-state index contributed by atoms with van der Waals surface area (Å²) in [5, 5.41) is 0.378. The molecule has 3 nitrogen and oxygen atoms in total. The van der Waals surface area contributed by atoms with Gasteiger partial charge in [0.25, 0.3) is 5.56 Å². The molecule has 1 aromatic heterocycles. The third kappa shape index (κ3) is 1.61. The van der Waals surface area contributed by atoms with Gasteiger partial charge in [0.15, 0.2) is 0 Å². The van der Waals surface area contributed by atoms with Crippen molar-refractivity contribution in [1.29, 1.82) is 0 Å². The van der Waals surface area contributed by atoms with Gasteiger partial charge in [-0.05, 0) is 19.1 Å². The largest absolute Gasteiger partial charge is 0.309 e. The summed E-state index contributed by atoms with van der Waals surface area (Å²) in [5.41, 5.74) is 0.443. The van der Waals surface area contributed by atoms with Crippen molar-refractivity contribution in [3.8, 4) is 0 Å². The molecule has 1 heterocycles. The molecular formula is C10H8ClFN2O. The Hall–Kier alpha value is -1.42. The van der Waals surface area contributed by atoms with Crippen LogP contribution >= 0.6 is 11.6 Å². The molecule has 0 bridgehead atoms. The van der Waals surface area contributed by atoms with E-state index in [-0.39, 0.29) is 17.3 Å². The van der Waals surface area contributed by atoms with Crippen LogP contribution in [0.4, 0.5) is 4.39 Å². The predicted molar refractivity (Wildman–Crippen MR) is 56.6 cm³/mol. The van der Waals surface area contributed by atoms with Crippen molar-refractivity contribution in [3.05, 3.63) is 39.7 Å². The maximum absolute atomic E-state index is 13.2. The Bertz CT molecular complexity index is 579. The van der Waals surface area contributed by atoms with Gasteiger partial charge in [-0.2, -0.15) is 0 Å². The molecule has 0 amide bonds. The van der Waals surface area contributed by atoms with E-state index in [1.807, 2.05) is 0 Å². The molecule has 0 spiro atoms. The number of aryl methyl sites for hydroxylation is 1. The highest BCUT2D eigenvalue weighted by atomic mass is 35.5. The molecule has 15 heavy (non-hydrogen) atoms. The SMILES string of the molecule is Cc1c(F)ccc2c(=O)[nH]c(CCl)nc12. The first-order valence-electron chi connectivity index (χ1n) is 4.37. The summed E-state index contributed by atoms with van der Waals surface area (Å²) in [6, 6.07) is 2.68. The van der Waals surface area contributed by atoms with E-state index in [1.165, 1.54) is 12.1 Å². The van der Waals surface area contributed by atoms with Crippen LogP contribution in [0.5, 0.6) is 0 Å². The Labute approximate surface area is 89.9 Å². The number of hydrogen-bond acceptors (Lipinski definition) is 2. The van der Waals surface area contributed by atoms with Crippen LogP contribution in [0.25, 0.3) is 10.9 Å². The van der Waals surface area contributed by atoms with E-state index in [0.717, 1.165) is 0 Å². The van der Waals surface area contributed by atoms with E-state index < -0.39 is 0 Å². The fourth-order valence-corrected chi connectivity index (χ4v) is 1.55. The number of fused-ring (bicyclic) bond motifs is 1. The molecule has 0 fully saturated rings. The van der Waals surface area contributed by atoms with Gasteiger partial charge in [0, 0.05) is 5.56 Å². The zero-order valence-electron chi connectivity index (χ0n) is 7.97. The zero-order chi connectivity index (χ0) is 11.0. The predicted octanol–water partition coefficient (Wildman–Crippen LogP) is 2.11. The lowest BCUT2D eigenvalue weighted by Crippen LogP contribution is -2.12. The molecule has 2 rings (SSSR count). The molecule has 0 radical (unpaired) electrons. The van der Waals surface area contributed by atoms with Gasteiger partial charge in [0.05, 0.1) is 16.8 Å². The maximum atomic E-state index is 13.2. The number of aromatic nitrogens is 2. The average Bonchev–Trinajstić information content (AvgIpc) is 2.23. The molecule has 2 aromatic rings.